The van der Waals surface area contributed by atoms with E-state index in [4.69, 9.17) is 23.9 Å². The van der Waals surface area contributed by atoms with Crippen molar-refractivity contribution < 1.29 is 28.5 Å². The number of aliphatic imine (C=N–C) groups is 1. The molecule has 10 heteroatoms. The molecule has 1 N–H and O–H groups in total. The number of allylic oxidation sites excluding steroid dienone is 2. The topological polar surface area (TPSA) is 102 Å². The van der Waals surface area contributed by atoms with Gasteiger partial charge in [0.05, 0.1) is 42.8 Å². The fraction of sp³-hybridized carbons (Fsp3) is 0.279. The van der Waals surface area contributed by atoms with Crippen molar-refractivity contribution in [2.45, 2.75) is 52.4 Å². The van der Waals surface area contributed by atoms with Gasteiger partial charge in [0.25, 0.3) is 11.8 Å². The van der Waals surface area contributed by atoms with E-state index < -0.39 is 0 Å². The van der Waals surface area contributed by atoms with Crippen molar-refractivity contribution in [1.29, 1.82) is 0 Å². The zero-order chi connectivity index (χ0) is 37.1. The maximum Gasteiger partial charge on any atom is 0.261 e. The Morgan fingerprint density at radius 3 is 2.34 bits per heavy atom. The number of para-hydroxylation sites is 1. The Morgan fingerprint density at radius 1 is 0.925 bits per heavy atom. The second kappa shape index (κ2) is 15.3. The van der Waals surface area contributed by atoms with Crippen LogP contribution in [0.25, 0.3) is 0 Å². The van der Waals surface area contributed by atoms with Crippen LogP contribution in [-0.4, -0.2) is 56.8 Å². The van der Waals surface area contributed by atoms with Gasteiger partial charge in [-0.25, -0.2) is 0 Å². The number of nitrogens with one attached hydrogen (secondary N) is 1. The Morgan fingerprint density at radius 2 is 1.64 bits per heavy atom. The smallest absolute Gasteiger partial charge is 0.261 e. The minimum Gasteiger partial charge on any atom is -0.493 e. The lowest BCUT2D eigenvalue weighted by atomic mass is 10.1. The van der Waals surface area contributed by atoms with Gasteiger partial charge >= 0.3 is 0 Å². The molecule has 1 atom stereocenters. The first-order valence-electron chi connectivity index (χ1n) is 17.9. The van der Waals surface area contributed by atoms with Gasteiger partial charge in [-0.3, -0.25) is 19.5 Å². The molecule has 3 heterocycles. The molecule has 272 valence electrons. The largest absolute Gasteiger partial charge is 0.493 e. The third kappa shape index (κ3) is 6.84. The van der Waals surface area contributed by atoms with Crippen LogP contribution in [0.3, 0.4) is 0 Å². The van der Waals surface area contributed by atoms with Crippen LogP contribution in [0.5, 0.6) is 23.0 Å². The molecule has 0 spiro atoms. The molecule has 53 heavy (non-hydrogen) atoms. The van der Waals surface area contributed by atoms with E-state index in [0.717, 1.165) is 47.3 Å². The van der Waals surface area contributed by atoms with Crippen LogP contribution in [0.2, 0.25) is 0 Å². The lowest BCUT2D eigenvalue weighted by Crippen LogP contribution is -2.37. The number of anilines is 2. The van der Waals surface area contributed by atoms with Crippen molar-refractivity contribution in [2.24, 2.45) is 4.99 Å². The summed E-state index contributed by atoms with van der Waals surface area (Å²) in [5.74, 6) is 1.74. The van der Waals surface area contributed by atoms with Crippen molar-refractivity contribution >= 4 is 35.1 Å². The summed E-state index contributed by atoms with van der Waals surface area (Å²) in [4.78, 5) is 36.0. The van der Waals surface area contributed by atoms with Crippen molar-refractivity contribution in [3.8, 4) is 23.0 Å². The van der Waals surface area contributed by atoms with Gasteiger partial charge < -0.3 is 29.2 Å². The zero-order valence-electron chi connectivity index (χ0n) is 30.8. The lowest BCUT2D eigenvalue weighted by Gasteiger charge is -2.22. The van der Waals surface area contributed by atoms with Crippen LogP contribution in [0.1, 0.15) is 64.1 Å². The molecule has 1 unspecified atom stereocenters. The summed E-state index contributed by atoms with van der Waals surface area (Å²) in [5, 5.41) is 3.18. The van der Waals surface area contributed by atoms with Crippen molar-refractivity contribution in [3.63, 3.8) is 0 Å². The molecule has 0 aromatic heterocycles. The van der Waals surface area contributed by atoms with Crippen molar-refractivity contribution in [3.05, 3.63) is 124 Å². The van der Waals surface area contributed by atoms with Gasteiger partial charge in [-0.1, -0.05) is 49.4 Å². The Balaban J connectivity index is 1.05. The molecule has 3 aliphatic rings. The summed E-state index contributed by atoms with van der Waals surface area (Å²) in [5.41, 5.74) is 8.33. The number of ether oxygens (including phenoxy) is 4. The van der Waals surface area contributed by atoms with Crippen LogP contribution >= 0.6 is 0 Å². The molecular formula is C43H44N4O6. The number of hydrogen-bond acceptors (Lipinski definition) is 8. The van der Waals surface area contributed by atoms with Gasteiger partial charge in [0.1, 0.15) is 13.2 Å². The number of carbonyl (C=O) groups is 2. The van der Waals surface area contributed by atoms with Gasteiger partial charge in [-0.05, 0) is 72.4 Å². The Kier molecular flexibility index (Phi) is 10.2. The average Bonchev–Trinajstić information content (AvgIpc) is 3.75. The summed E-state index contributed by atoms with van der Waals surface area (Å²) < 4.78 is 23.9. The molecule has 0 saturated heterocycles. The number of methoxy groups -OCH3 is 2. The van der Waals surface area contributed by atoms with Gasteiger partial charge in [0, 0.05) is 49.7 Å². The molecule has 0 fully saturated rings. The highest BCUT2D eigenvalue weighted by Crippen LogP contribution is 2.41. The van der Waals surface area contributed by atoms with Crippen LogP contribution in [0, 0.1) is 0 Å². The number of carbonyl (C=O) groups excluding carboxylic acids is 2. The number of benzene rings is 4. The number of rotatable bonds is 12. The van der Waals surface area contributed by atoms with Crippen LogP contribution in [-0.2, 0) is 19.6 Å². The zero-order valence-corrected chi connectivity index (χ0v) is 30.8. The summed E-state index contributed by atoms with van der Waals surface area (Å²) >= 11 is 0. The SMILES string of the molecule is C/C=C\C1=C(CC)CCN1C(=O)c1cc(OC)c(OCc2cccc(COc3cc4c(cc3OC)C(=O)N3c5ccccc5CC3C=N4)c2)cc1NC. The summed E-state index contributed by atoms with van der Waals surface area (Å²) in [7, 11) is 4.93. The molecule has 2 amide bonds. The van der Waals surface area contributed by atoms with Crippen LogP contribution in [0.15, 0.2) is 101 Å². The summed E-state index contributed by atoms with van der Waals surface area (Å²) in [6.07, 6.45) is 8.32. The first-order valence-corrected chi connectivity index (χ1v) is 17.9. The van der Waals surface area contributed by atoms with Gasteiger partial charge in [-0.15, -0.1) is 0 Å². The predicted octanol–water partition coefficient (Wildman–Crippen LogP) is 8.28. The molecule has 0 aliphatic carbocycles. The number of amides is 2. The predicted molar refractivity (Wildman–Crippen MR) is 207 cm³/mol. The Bertz CT molecular complexity index is 2150. The molecule has 4 aromatic rings. The van der Waals surface area contributed by atoms with E-state index in [1.807, 2.05) is 83.6 Å². The molecule has 0 bridgehead atoms. The first kappa shape index (κ1) is 35.4. The third-order valence-corrected chi connectivity index (χ3v) is 10.00. The second-order valence-electron chi connectivity index (χ2n) is 13.1. The van der Waals surface area contributed by atoms with E-state index in [0.29, 0.717) is 52.0 Å². The lowest BCUT2D eigenvalue weighted by molar-refractivity contribution is 0.0823. The molecular weight excluding hydrogens is 668 g/mol. The monoisotopic (exact) mass is 712 g/mol. The van der Waals surface area contributed by atoms with E-state index in [1.54, 1.807) is 39.5 Å². The van der Waals surface area contributed by atoms with Crippen LogP contribution in [0.4, 0.5) is 17.1 Å². The van der Waals surface area contributed by atoms with Gasteiger partial charge in [-0.2, -0.15) is 0 Å². The molecule has 7 rings (SSSR count). The highest BCUT2D eigenvalue weighted by atomic mass is 16.5. The minimum absolute atomic E-state index is 0.0842. The molecule has 10 nitrogen and oxygen atoms in total. The van der Waals surface area contributed by atoms with E-state index in [2.05, 4.69) is 18.3 Å². The highest BCUT2D eigenvalue weighted by Gasteiger charge is 2.36. The molecule has 0 radical (unpaired) electrons. The van der Waals surface area contributed by atoms with E-state index in [9.17, 15) is 9.59 Å². The molecule has 3 aliphatic heterocycles. The third-order valence-electron chi connectivity index (χ3n) is 10.00. The van der Waals surface area contributed by atoms with Gasteiger partial charge in [0.2, 0.25) is 0 Å². The number of hydrogen-bond donors (Lipinski definition) is 1. The number of nitrogens with zero attached hydrogens (tertiary/aromatic N) is 3. The maximum atomic E-state index is 13.8. The summed E-state index contributed by atoms with van der Waals surface area (Å²) in [6, 6.07) is 22.8. The maximum absolute atomic E-state index is 13.8. The molecule has 0 saturated carbocycles. The van der Waals surface area contributed by atoms with Crippen molar-refractivity contribution in [1.82, 2.24) is 4.90 Å². The van der Waals surface area contributed by atoms with Gasteiger partial charge in [0.15, 0.2) is 23.0 Å². The normalized spacial score (nSPS) is 16.0. The van der Waals surface area contributed by atoms with Crippen LogP contribution < -0.4 is 29.2 Å². The second-order valence-corrected chi connectivity index (χ2v) is 13.1. The minimum atomic E-state index is -0.143. The van der Waals surface area contributed by atoms with Crippen molar-refractivity contribution in [2.75, 3.05) is 38.0 Å². The van der Waals surface area contributed by atoms with E-state index in [1.165, 1.54) is 5.57 Å². The molecule has 4 aromatic carbocycles. The number of fused-ring (bicyclic) bond motifs is 4. The quantitative estimate of drug-likeness (QED) is 0.158. The van der Waals surface area contributed by atoms with E-state index >= 15 is 0 Å². The first-order chi connectivity index (χ1) is 25.9. The van der Waals surface area contributed by atoms with E-state index in [-0.39, 0.29) is 31.1 Å². The standard InChI is InChI=1S/C43H44N4O6/c1-6-11-36-29(7-2)16-17-46(36)42(48)32-20-38(50-4)40(22-34(32)44-3)52-25-27-12-10-13-28(18-27)26-53-41-23-35-33(21-39(41)51-5)43(49)47-31(24-45-35)19-30-14-8-9-15-37(30)47/h6,8-15,18,20-24,31,44H,7,16-17,19,25-26H2,1-5H3/b11-6-. The Labute approximate surface area is 310 Å². The fourth-order valence-electron chi connectivity index (χ4n) is 7.30. The highest BCUT2D eigenvalue weighted by molar-refractivity contribution is 6.14. The average molecular weight is 713 g/mol. The fourth-order valence-corrected chi connectivity index (χ4v) is 7.30. The summed E-state index contributed by atoms with van der Waals surface area (Å²) in [6.45, 7) is 5.25. The Hall–Kier alpha value is -6.03.